The van der Waals surface area contributed by atoms with Gasteiger partial charge in [-0.3, -0.25) is 4.79 Å². The van der Waals surface area contributed by atoms with E-state index in [2.05, 4.69) is 25.7 Å². The van der Waals surface area contributed by atoms with E-state index in [1.165, 1.54) is 19.3 Å². The molecular weight excluding hydrogens is 186 g/mol. The number of hydrogen-bond donors (Lipinski definition) is 0. The second kappa shape index (κ2) is 6.14. The van der Waals surface area contributed by atoms with E-state index in [1.807, 2.05) is 0 Å². The van der Waals surface area contributed by atoms with Crippen LogP contribution in [0.25, 0.3) is 0 Å². The summed E-state index contributed by atoms with van der Waals surface area (Å²) < 4.78 is 0. The predicted molar refractivity (Wildman–Crippen MR) is 63.7 cm³/mol. The van der Waals surface area contributed by atoms with Gasteiger partial charge in [0.05, 0.1) is 0 Å². The first-order chi connectivity index (χ1) is 7.15. The summed E-state index contributed by atoms with van der Waals surface area (Å²) in [6, 6.07) is 0. The minimum absolute atomic E-state index is 0.363. The summed E-state index contributed by atoms with van der Waals surface area (Å²) in [4.78, 5) is 13.8. The Kier molecular flexibility index (Phi) is 5.13. The normalized spacial score (nSPS) is 22.9. The molecule has 0 aliphatic carbocycles. The number of carbonyl (C=O) groups is 1. The minimum atomic E-state index is 0.363. The molecule has 1 unspecified atom stereocenters. The Hall–Kier alpha value is -0.530. The highest BCUT2D eigenvalue weighted by Crippen LogP contribution is 2.24. The lowest BCUT2D eigenvalue weighted by Gasteiger charge is -2.21. The fraction of sp³-hybridized carbons (Fsp3) is 0.923. The smallest absolute Gasteiger partial charge is 0.222 e. The third-order valence-electron chi connectivity index (χ3n) is 3.53. The summed E-state index contributed by atoms with van der Waals surface area (Å²) in [7, 11) is 0. The Morgan fingerprint density at radius 3 is 2.67 bits per heavy atom. The monoisotopic (exact) mass is 211 g/mol. The van der Waals surface area contributed by atoms with Gasteiger partial charge in [-0.25, -0.2) is 0 Å². The van der Waals surface area contributed by atoms with Crippen molar-refractivity contribution in [3.63, 3.8) is 0 Å². The maximum Gasteiger partial charge on any atom is 0.222 e. The second-order valence-electron chi connectivity index (χ2n) is 5.07. The van der Waals surface area contributed by atoms with Gasteiger partial charge in [-0.2, -0.15) is 0 Å². The van der Waals surface area contributed by atoms with E-state index in [4.69, 9.17) is 0 Å². The van der Waals surface area contributed by atoms with Crippen LogP contribution in [0.2, 0.25) is 0 Å². The molecule has 88 valence electrons. The standard InChI is InChI=1S/C13H25NO/c1-4-6-13(15)14-9-5-7-12(8-10-14)11(2)3/h11-12H,4-10H2,1-3H3. The lowest BCUT2D eigenvalue weighted by Crippen LogP contribution is -2.31. The van der Waals surface area contributed by atoms with Crippen LogP contribution in [0, 0.1) is 11.8 Å². The van der Waals surface area contributed by atoms with E-state index in [0.29, 0.717) is 5.91 Å². The molecule has 2 nitrogen and oxygen atoms in total. The molecule has 0 saturated carbocycles. The van der Waals surface area contributed by atoms with E-state index in [0.717, 1.165) is 37.8 Å². The van der Waals surface area contributed by atoms with Crippen LogP contribution in [-0.2, 0) is 4.79 Å². The molecule has 0 radical (unpaired) electrons. The Morgan fingerprint density at radius 1 is 1.33 bits per heavy atom. The molecular formula is C13H25NO. The fourth-order valence-electron chi connectivity index (χ4n) is 2.41. The second-order valence-corrected chi connectivity index (χ2v) is 5.07. The molecule has 0 N–H and O–H groups in total. The summed E-state index contributed by atoms with van der Waals surface area (Å²) in [5.74, 6) is 1.96. The van der Waals surface area contributed by atoms with Gasteiger partial charge in [0, 0.05) is 19.5 Å². The molecule has 1 rings (SSSR count). The van der Waals surface area contributed by atoms with Crippen molar-refractivity contribution in [3.05, 3.63) is 0 Å². The molecule has 1 aliphatic heterocycles. The van der Waals surface area contributed by atoms with Gasteiger partial charge in [0.2, 0.25) is 5.91 Å². The lowest BCUT2D eigenvalue weighted by molar-refractivity contribution is -0.131. The zero-order chi connectivity index (χ0) is 11.3. The maximum absolute atomic E-state index is 11.8. The number of rotatable bonds is 3. The highest BCUT2D eigenvalue weighted by Gasteiger charge is 2.21. The van der Waals surface area contributed by atoms with Gasteiger partial charge < -0.3 is 4.90 Å². The zero-order valence-corrected chi connectivity index (χ0v) is 10.5. The number of nitrogens with zero attached hydrogens (tertiary/aromatic N) is 1. The summed E-state index contributed by atoms with van der Waals surface area (Å²) in [5.41, 5.74) is 0. The van der Waals surface area contributed by atoms with Crippen LogP contribution in [0.5, 0.6) is 0 Å². The van der Waals surface area contributed by atoms with Crippen molar-refractivity contribution >= 4 is 5.91 Å². The molecule has 1 heterocycles. The predicted octanol–water partition coefficient (Wildman–Crippen LogP) is 3.07. The van der Waals surface area contributed by atoms with Crippen molar-refractivity contribution in [1.29, 1.82) is 0 Å². The molecule has 0 bridgehead atoms. The fourth-order valence-corrected chi connectivity index (χ4v) is 2.41. The molecule has 1 atom stereocenters. The van der Waals surface area contributed by atoms with Crippen LogP contribution in [0.1, 0.15) is 52.9 Å². The van der Waals surface area contributed by atoms with Crippen molar-refractivity contribution in [2.45, 2.75) is 52.9 Å². The molecule has 0 aromatic carbocycles. The van der Waals surface area contributed by atoms with E-state index >= 15 is 0 Å². The molecule has 1 amide bonds. The summed E-state index contributed by atoms with van der Waals surface area (Å²) in [5, 5.41) is 0. The van der Waals surface area contributed by atoms with Gasteiger partial charge >= 0.3 is 0 Å². The Balaban J connectivity index is 2.42. The number of likely N-dealkylation sites (tertiary alicyclic amines) is 1. The molecule has 1 fully saturated rings. The van der Waals surface area contributed by atoms with Crippen LogP contribution in [-0.4, -0.2) is 23.9 Å². The van der Waals surface area contributed by atoms with Gasteiger partial charge in [0.25, 0.3) is 0 Å². The molecule has 1 saturated heterocycles. The van der Waals surface area contributed by atoms with E-state index in [9.17, 15) is 4.79 Å². The van der Waals surface area contributed by atoms with E-state index in [1.54, 1.807) is 0 Å². The highest BCUT2D eigenvalue weighted by atomic mass is 16.2. The highest BCUT2D eigenvalue weighted by molar-refractivity contribution is 5.76. The minimum Gasteiger partial charge on any atom is -0.343 e. The Labute approximate surface area is 94.0 Å². The first-order valence-electron chi connectivity index (χ1n) is 6.43. The molecule has 1 aliphatic rings. The number of hydrogen-bond acceptors (Lipinski definition) is 1. The van der Waals surface area contributed by atoms with Crippen molar-refractivity contribution in [2.24, 2.45) is 11.8 Å². The van der Waals surface area contributed by atoms with Crippen molar-refractivity contribution in [1.82, 2.24) is 4.90 Å². The van der Waals surface area contributed by atoms with Crippen molar-refractivity contribution in [2.75, 3.05) is 13.1 Å². The van der Waals surface area contributed by atoms with Gasteiger partial charge in [-0.1, -0.05) is 20.8 Å². The SMILES string of the molecule is CCCC(=O)N1CCCC(C(C)C)CC1. The molecule has 15 heavy (non-hydrogen) atoms. The third-order valence-corrected chi connectivity index (χ3v) is 3.53. The summed E-state index contributed by atoms with van der Waals surface area (Å²) >= 11 is 0. The topological polar surface area (TPSA) is 20.3 Å². The Bertz CT molecular complexity index is 201. The van der Waals surface area contributed by atoms with Gasteiger partial charge in [0.1, 0.15) is 0 Å². The molecule has 0 aromatic rings. The van der Waals surface area contributed by atoms with Gasteiger partial charge in [0.15, 0.2) is 0 Å². The van der Waals surface area contributed by atoms with Crippen LogP contribution in [0.15, 0.2) is 0 Å². The zero-order valence-electron chi connectivity index (χ0n) is 10.5. The van der Waals surface area contributed by atoms with E-state index < -0.39 is 0 Å². The third kappa shape index (κ3) is 3.84. The van der Waals surface area contributed by atoms with Crippen molar-refractivity contribution < 1.29 is 4.79 Å². The van der Waals surface area contributed by atoms with Crippen molar-refractivity contribution in [3.8, 4) is 0 Å². The van der Waals surface area contributed by atoms with Crippen LogP contribution in [0.4, 0.5) is 0 Å². The summed E-state index contributed by atoms with van der Waals surface area (Å²) in [6.45, 7) is 8.65. The van der Waals surface area contributed by atoms with Gasteiger partial charge in [-0.05, 0) is 37.5 Å². The van der Waals surface area contributed by atoms with Crippen LogP contribution < -0.4 is 0 Å². The lowest BCUT2D eigenvalue weighted by atomic mass is 9.89. The summed E-state index contributed by atoms with van der Waals surface area (Å²) in [6.07, 6.45) is 5.40. The molecule has 0 spiro atoms. The van der Waals surface area contributed by atoms with Crippen LogP contribution >= 0.6 is 0 Å². The first-order valence-corrected chi connectivity index (χ1v) is 6.43. The number of amides is 1. The maximum atomic E-state index is 11.8. The van der Waals surface area contributed by atoms with Gasteiger partial charge in [-0.15, -0.1) is 0 Å². The number of carbonyl (C=O) groups excluding carboxylic acids is 1. The average molecular weight is 211 g/mol. The van der Waals surface area contributed by atoms with Crippen LogP contribution in [0.3, 0.4) is 0 Å². The van der Waals surface area contributed by atoms with E-state index in [-0.39, 0.29) is 0 Å². The quantitative estimate of drug-likeness (QED) is 0.702. The molecule has 2 heteroatoms. The first kappa shape index (κ1) is 12.5. The molecule has 0 aromatic heterocycles. The Morgan fingerprint density at radius 2 is 2.07 bits per heavy atom. The average Bonchev–Trinajstić information content (AvgIpc) is 2.43. The largest absolute Gasteiger partial charge is 0.343 e.